The molecule has 4 heteroatoms. The fourth-order valence-corrected chi connectivity index (χ4v) is 2.96. The predicted octanol–water partition coefficient (Wildman–Crippen LogP) is 6.96. The van der Waals surface area contributed by atoms with E-state index in [1.54, 1.807) is 0 Å². The number of nitrogens with zero attached hydrogens (tertiary/aromatic N) is 1. The lowest BCUT2D eigenvalue weighted by Crippen LogP contribution is -1.96. The van der Waals surface area contributed by atoms with Crippen LogP contribution in [0.1, 0.15) is 68.2 Å². The van der Waals surface area contributed by atoms with Gasteiger partial charge in [-0.05, 0) is 60.3 Å². The molecule has 0 amide bonds. The lowest BCUT2D eigenvalue weighted by molar-refractivity contribution is 0.587. The van der Waals surface area contributed by atoms with Crippen LogP contribution in [0.3, 0.4) is 0 Å². The summed E-state index contributed by atoms with van der Waals surface area (Å²) in [4.78, 5) is 3.41. The first kappa shape index (κ1) is 21.0. The minimum absolute atomic E-state index is 0.259. The van der Waals surface area contributed by atoms with Crippen LogP contribution in [0, 0.1) is 23.5 Å². The average molecular weight is 384 g/mol. The molecule has 0 aliphatic carbocycles. The van der Waals surface area contributed by atoms with Crippen LogP contribution in [-0.4, -0.2) is 5.16 Å². The van der Waals surface area contributed by atoms with Gasteiger partial charge in [0.25, 0.3) is 0 Å². The molecule has 2 rings (SSSR count). The summed E-state index contributed by atoms with van der Waals surface area (Å²) in [5, 5.41) is 1.98. The maximum atomic E-state index is 13.9. The maximum Gasteiger partial charge on any atom is 0.153 e. The van der Waals surface area contributed by atoms with E-state index in [1.807, 2.05) is 11.2 Å². The number of benzene rings is 2. The second kappa shape index (κ2) is 10.1. The Bertz CT molecular complexity index is 893. The number of hydrogen-bond donors (Lipinski definition) is 0. The zero-order valence-corrected chi connectivity index (χ0v) is 16.7. The van der Waals surface area contributed by atoms with Crippen molar-refractivity contribution in [2.45, 2.75) is 52.4 Å². The molecule has 0 spiro atoms. The van der Waals surface area contributed by atoms with Gasteiger partial charge in [0.1, 0.15) is 5.69 Å². The van der Waals surface area contributed by atoms with Gasteiger partial charge in [0.15, 0.2) is 11.6 Å². The van der Waals surface area contributed by atoms with Crippen molar-refractivity contribution >= 4 is 23.1 Å². The molecule has 0 radical (unpaired) electrons. The molecule has 1 nitrogen and oxygen atoms in total. The van der Waals surface area contributed by atoms with Gasteiger partial charge in [-0.15, -0.1) is 0 Å². The van der Waals surface area contributed by atoms with Gasteiger partial charge in [-0.3, -0.25) is 0 Å². The summed E-state index contributed by atoms with van der Waals surface area (Å²) in [7, 11) is 0. The van der Waals surface area contributed by atoms with E-state index in [9.17, 15) is 8.78 Å². The molecule has 0 atom stereocenters. The van der Waals surface area contributed by atoms with Crippen LogP contribution in [0.15, 0.2) is 35.3 Å². The summed E-state index contributed by atoms with van der Waals surface area (Å²) in [5.74, 6) is 4.64. The van der Waals surface area contributed by atoms with E-state index < -0.39 is 17.3 Å². The highest BCUT2D eigenvalue weighted by molar-refractivity contribution is 7.78. The molecule has 0 saturated carbocycles. The molecule has 0 N–H and O–H groups in total. The Morgan fingerprint density at radius 3 is 2.33 bits per heavy atom. The van der Waals surface area contributed by atoms with Crippen LogP contribution in [0.5, 0.6) is 0 Å². The lowest BCUT2D eigenvalue weighted by atomic mass is 9.93. The molecule has 2 aromatic rings. The van der Waals surface area contributed by atoms with E-state index in [-0.39, 0.29) is 5.56 Å². The van der Waals surface area contributed by atoms with E-state index in [2.05, 4.69) is 62.0 Å². The van der Waals surface area contributed by atoms with Gasteiger partial charge in [-0.25, -0.2) is 8.78 Å². The van der Waals surface area contributed by atoms with E-state index >= 15 is 0 Å². The third-order valence-electron chi connectivity index (χ3n) is 4.32. The normalized spacial score (nSPS) is 10.3. The van der Waals surface area contributed by atoms with Crippen LogP contribution in [0.2, 0.25) is 0 Å². The molecule has 0 unspecified atom stereocenters. The molecule has 27 heavy (non-hydrogen) atoms. The van der Waals surface area contributed by atoms with Crippen molar-refractivity contribution in [3.63, 3.8) is 0 Å². The number of hydrogen-bond acceptors (Lipinski definition) is 2. The summed E-state index contributed by atoms with van der Waals surface area (Å²) in [5.41, 5.74) is 3.16. The molecule has 0 aliphatic heterocycles. The second-order valence-corrected chi connectivity index (χ2v) is 6.96. The molecule has 0 bridgehead atoms. The summed E-state index contributed by atoms with van der Waals surface area (Å²) >= 11 is 4.41. The molecule has 140 valence electrons. The third-order valence-corrected chi connectivity index (χ3v) is 4.41. The van der Waals surface area contributed by atoms with Gasteiger partial charge in [0.2, 0.25) is 0 Å². The average Bonchev–Trinajstić information content (AvgIpc) is 2.63. The summed E-state index contributed by atoms with van der Waals surface area (Å²) in [6, 6.07) is 8.61. The first-order valence-electron chi connectivity index (χ1n) is 9.18. The molecule has 0 saturated heterocycles. The highest BCUT2D eigenvalue weighted by atomic mass is 32.1. The van der Waals surface area contributed by atoms with Crippen molar-refractivity contribution in [1.29, 1.82) is 0 Å². The van der Waals surface area contributed by atoms with E-state index in [4.69, 9.17) is 0 Å². The predicted molar refractivity (Wildman–Crippen MR) is 111 cm³/mol. The Balaban J connectivity index is 2.34. The van der Waals surface area contributed by atoms with Crippen LogP contribution in [0.4, 0.5) is 14.5 Å². The van der Waals surface area contributed by atoms with Crippen LogP contribution in [0.25, 0.3) is 0 Å². The Morgan fingerprint density at radius 2 is 1.74 bits per heavy atom. The Kier molecular flexibility index (Phi) is 7.85. The lowest BCUT2D eigenvalue weighted by Gasteiger charge is -2.11. The van der Waals surface area contributed by atoms with E-state index in [1.165, 1.54) is 24.8 Å². The summed E-state index contributed by atoms with van der Waals surface area (Å²) in [6.45, 7) is 6.43. The molecule has 0 aromatic heterocycles. The maximum absolute atomic E-state index is 13.9. The molecular formula is C23H23F2NS. The topological polar surface area (TPSA) is 12.4 Å². The number of unbranched alkanes of at least 4 members (excludes halogenated alkanes) is 2. The standard InChI is InChI=1S/C23H23F2NS/c1-4-5-6-7-17-8-10-19(20(12-17)16(2)3)11-9-18-13-21(24)23(26-15-27)22(25)14-18/h8,10,12-14,16H,4-7H2,1-3H3. The van der Waals surface area contributed by atoms with Crippen molar-refractivity contribution in [3.05, 3.63) is 64.2 Å². The van der Waals surface area contributed by atoms with Crippen LogP contribution < -0.4 is 0 Å². The Labute approximate surface area is 165 Å². The first-order chi connectivity index (χ1) is 13.0. The molecular weight excluding hydrogens is 360 g/mol. The summed E-state index contributed by atoms with van der Waals surface area (Å²) in [6.07, 6.45) is 4.65. The second-order valence-electron chi connectivity index (χ2n) is 6.77. The number of isothiocyanates is 1. The molecule has 2 aromatic carbocycles. The monoisotopic (exact) mass is 383 g/mol. The Morgan fingerprint density at radius 1 is 1.04 bits per heavy atom. The van der Waals surface area contributed by atoms with Crippen molar-refractivity contribution < 1.29 is 8.78 Å². The molecule has 0 heterocycles. The Hall–Kier alpha value is -2.34. The quantitative estimate of drug-likeness (QED) is 0.227. The van der Waals surface area contributed by atoms with Crippen molar-refractivity contribution in [2.24, 2.45) is 4.99 Å². The van der Waals surface area contributed by atoms with Gasteiger partial charge in [-0.2, -0.15) is 4.99 Å². The summed E-state index contributed by atoms with van der Waals surface area (Å²) < 4.78 is 27.9. The smallest absolute Gasteiger partial charge is 0.153 e. The fourth-order valence-electron chi connectivity index (χ4n) is 2.87. The highest BCUT2D eigenvalue weighted by Gasteiger charge is 2.10. The number of aryl methyl sites for hydroxylation is 1. The first-order valence-corrected chi connectivity index (χ1v) is 9.58. The van der Waals surface area contributed by atoms with E-state index in [0.717, 1.165) is 29.7 Å². The fraction of sp³-hybridized carbons (Fsp3) is 0.348. The molecule has 0 fully saturated rings. The van der Waals surface area contributed by atoms with Crippen molar-refractivity contribution in [1.82, 2.24) is 0 Å². The van der Waals surface area contributed by atoms with Crippen molar-refractivity contribution in [3.8, 4) is 11.8 Å². The number of halogens is 2. The van der Waals surface area contributed by atoms with Gasteiger partial charge < -0.3 is 0 Å². The largest absolute Gasteiger partial charge is 0.204 e. The van der Waals surface area contributed by atoms with Gasteiger partial charge in [-0.1, -0.05) is 57.6 Å². The number of thiocarbonyl (C=S) groups is 1. The zero-order valence-electron chi connectivity index (χ0n) is 15.9. The minimum Gasteiger partial charge on any atom is -0.204 e. The van der Waals surface area contributed by atoms with Gasteiger partial charge in [0, 0.05) is 11.1 Å². The SMILES string of the molecule is CCCCCc1ccc(C#Cc2cc(F)c(N=C=S)c(F)c2)c(C(C)C)c1. The van der Waals surface area contributed by atoms with Crippen molar-refractivity contribution in [2.75, 3.05) is 0 Å². The molecule has 0 aliphatic rings. The highest BCUT2D eigenvalue weighted by Crippen LogP contribution is 2.24. The van der Waals surface area contributed by atoms with Gasteiger partial charge >= 0.3 is 0 Å². The van der Waals surface area contributed by atoms with Crippen LogP contribution in [-0.2, 0) is 6.42 Å². The number of aliphatic imine (C=N–C) groups is 1. The van der Waals surface area contributed by atoms with E-state index in [0.29, 0.717) is 5.92 Å². The minimum atomic E-state index is -0.799. The van der Waals surface area contributed by atoms with Gasteiger partial charge in [0.05, 0.1) is 5.16 Å². The number of rotatable bonds is 6. The third kappa shape index (κ3) is 5.82. The zero-order chi connectivity index (χ0) is 19.8. The van der Waals surface area contributed by atoms with Crippen LogP contribution >= 0.6 is 12.2 Å².